The van der Waals surface area contributed by atoms with E-state index in [1.54, 1.807) is 12.1 Å². The molecule has 5 heteroatoms. The maximum atomic E-state index is 12.5. The number of rotatable bonds is 6. The summed E-state index contributed by atoms with van der Waals surface area (Å²) in [6, 6.07) is 6.31. The molecule has 0 aliphatic heterocycles. The number of sulfone groups is 1. The lowest BCUT2D eigenvalue weighted by molar-refractivity contribution is -0.137. The first kappa shape index (κ1) is 15.7. The number of aryl methyl sites for hydroxylation is 1. The molecule has 1 N–H and O–H groups in total. The van der Waals surface area contributed by atoms with Gasteiger partial charge in [-0.05, 0) is 25.0 Å². The van der Waals surface area contributed by atoms with E-state index in [2.05, 4.69) is 0 Å². The van der Waals surface area contributed by atoms with Crippen LogP contribution in [0.4, 0.5) is 0 Å². The van der Waals surface area contributed by atoms with Gasteiger partial charge in [0.05, 0.1) is 4.90 Å². The fourth-order valence-corrected chi connectivity index (χ4v) is 4.14. The fraction of sp³-hybridized carbons (Fsp3) is 0.500. The van der Waals surface area contributed by atoms with E-state index in [0.717, 1.165) is 5.56 Å². The summed E-state index contributed by atoms with van der Waals surface area (Å²) in [6.07, 6.45) is 1.05. The maximum Gasteiger partial charge on any atom is 0.322 e. The van der Waals surface area contributed by atoms with Crippen LogP contribution in [0.1, 0.15) is 32.3 Å². The first-order chi connectivity index (χ1) is 8.84. The van der Waals surface area contributed by atoms with Crippen molar-refractivity contribution >= 4 is 15.8 Å². The van der Waals surface area contributed by atoms with Gasteiger partial charge in [-0.1, -0.05) is 44.4 Å². The van der Waals surface area contributed by atoms with Gasteiger partial charge in [-0.2, -0.15) is 0 Å². The zero-order valence-electron chi connectivity index (χ0n) is 11.5. The topological polar surface area (TPSA) is 71.4 Å². The molecule has 0 radical (unpaired) electrons. The Balaban J connectivity index is 3.28. The minimum Gasteiger partial charge on any atom is -0.480 e. The summed E-state index contributed by atoms with van der Waals surface area (Å²) in [5.41, 5.74) is 0.938. The van der Waals surface area contributed by atoms with Crippen LogP contribution in [0, 0.1) is 12.8 Å². The Kier molecular flexibility index (Phi) is 5.11. The third-order valence-corrected chi connectivity index (χ3v) is 5.59. The van der Waals surface area contributed by atoms with Gasteiger partial charge in [0, 0.05) is 0 Å². The SMILES string of the molecule is CCC(CC)C(C(=O)O)S(=O)(=O)c1ccc(C)cc1. The summed E-state index contributed by atoms with van der Waals surface area (Å²) in [7, 11) is -3.84. The van der Waals surface area contributed by atoms with Crippen LogP contribution in [0.3, 0.4) is 0 Å². The first-order valence-corrected chi connectivity index (χ1v) is 7.92. The predicted octanol–water partition coefficient (Wildman–Crippen LogP) is 2.66. The molecule has 1 aromatic rings. The zero-order valence-corrected chi connectivity index (χ0v) is 12.3. The Morgan fingerprint density at radius 2 is 1.63 bits per heavy atom. The first-order valence-electron chi connectivity index (χ1n) is 6.37. The Bertz CT molecular complexity index is 527. The van der Waals surface area contributed by atoms with Gasteiger partial charge in [0.2, 0.25) is 0 Å². The summed E-state index contributed by atoms with van der Waals surface area (Å²) >= 11 is 0. The third-order valence-electron chi connectivity index (χ3n) is 3.40. The average molecular weight is 284 g/mol. The van der Waals surface area contributed by atoms with Crippen LogP contribution in [-0.4, -0.2) is 24.7 Å². The van der Waals surface area contributed by atoms with Crippen molar-refractivity contribution in [2.45, 2.75) is 43.8 Å². The molecule has 4 nitrogen and oxygen atoms in total. The molecule has 1 rings (SSSR count). The van der Waals surface area contributed by atoms with Gasteiger partial charge >= 0.3 is 5.97 Å². The minimum absolute atomic E-state index is 0.0809. The molecule has 0 spiro atoms. The molecule has 1 atom stereocenters. The van der Waals surface area contributed by atoms with Gasteiger partial charge in [-0.3, -0.25) is 4.79 Å². The second-order valence-corrected chi connectivity index (χ2v) is 6.76. The quantitative estimate of drug-likeness (QED) is 0.871. The Morgan fingerprint density at radius 1 is 1.16 bits per heavy atom. The minimum atomic E-state index is -3.84. The summed E-state index contributed by atoms with van der Waals surface area (Å²) in [6.45, 7) is 5.48. The molecular formula is C14H20O4S. The molecule has 0 aliphatic carbocycles. The molecule has 0 fully saturated rings. The number of carboxylic acids is 1. The van der Waals surface area contributed by atoms with Crippen molar-refractivity contribution < 1.29 is 18.3 Å². The second kappa shape index (κ2) is 6.19. The van der Waals surface area contributed by atoms with Crippen LogP contribution in [0.25, 0.3) is 0 Å². The van der Waals surface area contributed by atoms with E-state index in [4.69, 9.17) is 0 Å². The molecule has 0 aliphatic rings. The van der Waals surface area contributed by atoms with Gasteiger partial charge < -0.3 is 5.11 Å². The Morgan fingerprint density at radius 3 is 2.00 bits per heavy atom. The second-order valence-electron chi connectivity index (χ2n) is 4.69. The summed E-state index contributed by atoms with van der Waals surface area (Å²) in [5.74, 6) is -1.64. The lowest BCUT2D eigenvalue weighted by Crippen LogP contribution is -2.37. The number of hydrogen-bond donors (Lipinski definition) is 1. The lowest BCUT2D eigenvalue weighted by Gasteiger charge is -2.21. The van der Waals surface area contributed by atoms with Crippen LogP contribution in [0.5, 0.6) is 0 Å². The Hall–Kier alpha value is -1.36. The number of hydrogen-bond acceptors (Lipinski definition) is 3. The molecule has 0 saturated heterocycles. The third kappa shape index (κ3) is 3.35. The fourth-order valence-electron chi connectivity index (χ4n) is 2.18. The van der Waals surface area contributed by atoms with Crippen molar-refractivity contribution in [2.24, 2.45) is 5.92 Å². The molecule has 0 heterocycles. The number of aliphatic carboxylic acids is 1. The maximum absolute atomic E-state index is 12.5. The van der Waals surface area contributed by atoms with Crippen LogP contribution >= 0.6 is 0 Å². The number of benzene rings is 1. The lowest BCUT2D eigenvalue weighted by atomic mass is 9.99. The average Bonchev–Trinajstić information content (AvgIpc) is 2.35. The molecule has 106 valence electrons. The highest BCUT2D eigenvalue weighted by Gasteiger charge is 2.38. The normalized spacial score (nSPS) is 13.5. The summed E-state index contributed by atoms with van der Waals surface area (Å²) in [4.78, 5) is 11.4. The summed E-state index contributed by atoms with van der Waals surface area (Å²) < 4.78 is 24.9. The van der Waals surface area contributed by atoms with Gasteiger partial charge in [-0.25, -0.2) is 8.42 Å². The van der Waals surface area contributed by atoms with E-state index >= 15 is 0 Å². The van der Waals surface area contributed by atoms with E-state index in [-0.39, 0.29) is 10.8 Å². The van der Waals surface area contributed by atoms with Crippen molar-refractivity contribution in [3.8, 4) is 0 Å². The van der Waals surface area contributed by atoms with Crippen molar-refractivity contribution in [1.29, 1.82) is 0 Å². The standard InChI is InChI=1S/C14H20O4S/c1-4-11(5-2)13(14(15)16)19(17,18)12-8-6-10(3)7-9-12/h6-9,11,13H,4-5H2,1-3H3,(H,15,16). The van der Waals surface area contributed by atoms with Gasteiger partial charge in [-0.15, -0.1) is 0 Å². The smallest absolute Gasteiger partial charge is 0.322 e. The molecule has 19 heavy (non-hydrogen) atoms. The van der Waals surface area contributed by atoms with E-state index in [0.29, 0.717) is 12.8 Å². The molecular weight excluding hydrogens is 264 g/mol. The molecule has 0 saturated carbocycles. The molecule has 1 aromatic carbocycles. The number of carbonyl (C=O) groups is 1. The highest BCUT2D eigenvalue weighted by molar-refractivity contribution is 7.92. The van der Waals surface area contributed by atoms with Crippen LogP contribution in [0.2, 0.25) is 0 Å². The van der Waals surface area contributed by atoms with Crippen LogP contribution in [0.15, 0.2) is 29.2 Å². The zero-order chi connectivity index (χ0) is 14.6. The van der Waals surface area contributed by atoms with Crippen LogP contribution < -0.4 is 0 Å². The molecule has 1 unspecified atom stereocenters. The van der Waals surface area contributed by atoms with Crippen molar-refractivity contribution in [3.63, 3.8) is 0 Å². The van der Waals surface area contributed by atoms with E-state index in [1.165, 1.54) is 12.1 Å². The number of carboxylic acid groups (broad SMARTS) is 1. The highest BCUT2D eigenvalue weighted by atomic mass is 32.2. The molecule has 0 amide bonds. The molecule has 0 bridgehead atoms. The van der Waals surface area contributed by atoms with Gasteiger partial charge in [0.25, 0.3) is 0 Å². The highest BCUT2D eigenvalue weighted by Crippen LogP contribution is 2.26. The van der Waals surface area contributed by atoms with Crippen molar-refractivity contribution in [3.05, 3.63) is 29.8 Å². The largest absolute Gasteiger partial charge is 0.480 e. The van der Waals surface area contributed by atoms with E-state index < -0.39 is 21.1 Å². The Labute approximate surface area is 114 Å². The van der Waals surface area contributed by atoms with Crippen molar-refractivity contribution in [1.82, 2.24) is 0 Å². The van der Waals surface area contributed by atoms with Crippen molar-refractivity contribution in [2.75, 3.05) is 0 Å². The van der Waals surface area contributed by atoms with Gasteiger partial charge in [0.15, 0.2) is 15.1 Å². The monoisotopic (exact) mass is 284 g/mol. The van der Waals surface area contributed by atoms with E-state index in [1.807, 2.05) is 20.8 Å². The van der Waals surface area contributed by atoms with Crippen LogP contribution in [-0.2, 0) is 14.6 Å². The summed E-state index contributed by atoms with van der Waals surface area (Å²) in [5, 5.41) is 7.91. The predicted molar refractivity (Wildman–Crippen MR) is 73.9 cm³/mol. The van der Waals surface area contributed by atoms with Gasteiger partial charge in [0.1, 0.15) is 0 Å². The van der Waals surface area contributed by atoms with E-state index in [9.17, 15) is 18.3 Å². The molecule has 0 aromatic heterocycles.